The lowest BCUT2D eigenvalue weighted by Gasteiger charge is -2.40. The lowest BCUT2D eigenvalue weighted by atomic mass is 9.90. The number of amides is 1. The zero-order valence-electron chi connectivity index (χ0n) is 19.0. The molecular weight excluding hydrogens is 382 g/mol. The van der Waals surface area contributed by atoms with E-state index in [1.54, 1.807) is 0 Å². The number of benzene rings is 2. The zero-order chi connectivity index (χ0) is 21.5. The summed E-state index contributed by atoms with van der Waals surface area (Å²) in [5.74, 6) is 1.03. The van der Waals surface area contributed by atoms with E-state index >= 15 is 0 Å². The largest absolute Gasteiger partial charge is 0.341 e. The van der Waals surface area contributed by atoms with Crippen LogP contribution in [-0.2, 0) is 17.6 Å². The molecule has 31 heavy (non-hydrogen) atoms. The Kier molecular flexibility index (Phi) is 7.76. The van der Waals surface area contributed by atoms with E-state index in [9.17, 15) is 4.79 Å². The van der Waals surface area contributed by atoms with Crippen LogP contribution in [0.3, 0.4) is 0 Å². The quantitative estimate of drug-likeness (QED) is 0.684. The highest BCUT2D eigenvalue weighted by atomic mass is 16.2. The number of piperazine rings is 1. The second-order valence-corrected chi connectivity index (χ2v) is 9.25. The molecule has 1 unspecified atom stereocenters. The molecule has 0 bridgehead atoms. The fourth-order valence-corrected chi connectivity index (χ4v) is 5.03. The summed E-state index contributed by atoms with van der Waals surface area (Å²) < 4.78 is 0. The molecule has 0 radical (unpaired) electrons. The van der Waals surface area contributed by atoms with Gasteiger partial charge in [-0.3, -0.25) is 9.69 Å². The maximum absolute atomic E-state index is 13.1. The average Bonchev–Trinajstić information content (AvgIpc) is 2.84. The summed E-state index contributed by atoms with van der Waals surface area (Å²) in [4.78, 5) is 20.2. The van der Waals surface area contributed by atoms with Gasteiger partial charge in [-0.2, -0.15) is 0 Å². The standard InChI is InChI=1S/C27H37N3O/c1-23(29-20-18-28(19-21-29)15-12-24-8-4-2-5-9-24)27(31)30-16-13-26(14-17-30)22-25-10-6-3-7-11-25/h2-11,23,26H,12-22H2,1H3. The van der Waals surface area contributed by atoms with Gasteiger partial charge < -0.3 is 9.80 Å². The summed E-state index contributed by atoms with van der Waals surface area (Å²) in [6.45, 7) is 9.15. The molecule has 0 N–H and O–H groups in total. The van der Waals surface area contributed by atoms with Crippen LogP contribution in [0.1, 0.15) is 30.9 Å². The van der Waals surface area contributed by atoms with Gasteiger partial charge in [0.25, 0.3) is 0 Å². The van der Waals surface area contributed by atoms with E-state index in [2.05, 4.69) is 82.3 Å². The van der Waals surface area contributed by atoms with Crippen LogP contribution in [0.5, 0.6) is 0 Å². The molecule has 2 aliphatic rings. The molecule has 0 aliphatic carbocycles. The summed E-state index contributed by atoms with van der Waals surface area (Å²) >= 11 is 0. The van der Waals surface area contributed by atoms with Crippen LogP contribution in [0.4, 0.5) is 0 Å². The van der Waals surface area contributed by atoms with Crippen LogP contribution in [-0.4, -0.2) is 72.5 Å². The molecule has 4 rings (SSSR count). The smallest absolute Gasteiger partial charge is 0.239 e. The Morgan fingerprint density at radius 3 is 2.03 bits per heavy atom. The monoisotopic (exact) mass is 419 g/mol. The molecule has 2 aromatic carbocycles. The van der Waals surface area contributed by atoms with Gasteiger partial charge in [0, 0.05) is 45.8 Å². The first-order chi connectivity index (χ1) is 15.2. The first kappa shape index (κ1) is 22.0. The highest BCUT2D eigenvalue weighted by Gasteiger charge is 2.30. The van der Waals surface area contributed by atoms with Crippen molar-refractivity contribution in [2.24, 2.45) is 5.92 Å². The number of likely N-dealkylation sites (tertiary alicyclic amines) is 1. The molecule has 1 amide bonds. The van der Waals surface area contributed by atoms with Gasteiger partial charge in [0.1, 0.15) is 0 Å². The van der Waals surface area contributed by atoms with Crippen molar-refractivity contribution in [1.82, 2.24) is 14.7 Å². The molecule has 2 aromatic rings. The number of carbonyl (C=O) groups excluding carboxylic acids is 1. The maximum Gasteiger partial charge on any atom is 0.239 e. The highest BCUT2D eigenvalue weighted by molar-refractivity contribution is 5.81. The fourth-order valence-electron chi connectivity index (χ4n) is 5.03. The molecule has 2 aliphatic heterocycles. The normalized spacial score (nSPS) is 20.0. The molecule has 0 saturated carbocycles. The molecule has 2 saturated heterocycles. The number of nitrogens with zero attached hydrogens (tertiary/aromatic N) is 3. The number of piperidine rings is 1. The third-order valence-electron chi connectivity index (χ3n) is 7.16. The van der Waals surface area contributed by atoms with Crippen molar-refractivity contribution in [3.8, 4) is 0 Å². The van der Waals surface area contributed by atoms with E-state index in [0.717, 1.165) is 71.5 Å². The van der Waals surface area contributed by atoms with Crippen molar-refractivity contribution in [1.29, 1.82) is 0 Å². The molecular formula is C27H37N3O. The van der Waals surface area contributed by atoms with Crippen molar-refractivity contribution < 1.29 is 4.79 Å². The van der Waals surface area contributed by atoms with Crippen molar-refractivity contribution in [3.63, 3.8) is 0 Å². The molecule has 0 aromatic heterocycles. The predicted octanol–water partition coefficient (Wildman–Crippen LogP) is 3.72. The minimum atomic E-state index is 0.00180. The minimum Gasteiger partial charge on any atom is -0.341 e. The van der Waals surface area contributed by atoms with Crippen LogP contribution >= 0.6 is 0 Å². The lowest BCUT2D eigenvalue weighted by Crippen LogP contribution is -2.55. The number of carbonyl (C=O) groups is 1. The van der Waals surface area contributed by atoms with Gasteiger partial charge in [-0.25, -0.2) is 0 Å². The van der Waals surface area contributed by atoms with Gasteiger partial charge in [-0.15, -0.1) is 0 Å². The van der Waals surface area contributed by atoms with E-state index < -0.39 is 0 Å². The van der Waals surface area contributed by atoms with Gasteiger partial charge in [-0.05, 0) is 49.7 Å². The molecule has 4 heteroatoms. The number of hydrogen-bond acceptors (Lipinski definition) is 3. The molecule has 2 heterocycles. The van der Waals surface area contributed by atoms with Crippen LogP contribution in [0.25, 0.3) is 0 Å². The topological polar surface area (TPSA) is 26.8 Å². The van der Waals surface area contributed by atoms with Gasteiger partial charge >= 0.3 is 0 Å². The van der Waals surface area contributed by atoms with Gasteiger partial charge in [-0.1, -0.05) is 60.7 Å². The Morgan fingerprint density at radius 2 is 1.42 bits per heavy atom. The van der Waals surface area contributed by atoms with Gasteiger partial charge in [0.05, 0.1) is 6.04 Å². The molecule has 4 nitrogen and oxygen atoms in total. The zero-order valence-corrected chi connectivity index (χ0v) is 19.0. The summed E-state index contributed by atoms with van der Waals surface area (Å²) in [6.07, 6.45) is 4.50. The molecule has 1 atom stereocenters. The van der Waals surface area contributed by atoms with Gasteiger partial charge in [0.15, 0.2) is 0 Å². The van der Waals surface area contributed by atoms with Crippen molar-refractivity contribution in [2.45, 2.75) is 38.6 Å². The Morgan fingerprint density at radius 1 is 0.839 bits per heavy atom. The molecule has 0 spiro atoms. The lowest BCUT2D eigenvalue weighted by molar-refractivity contribution is -0.138. The van der Waals surface area contributed by atoms with E-state index in [-0.39, 0.29) is 6.04 Å². The summed E-state index contributed by atoms with van der Waals surface area (Å²) in [5, 5.41) is 0. The van der Waals surface area contributed by atoms with E-state index in [1.807, 2.05) is 0 Å². The maximum atomic E-state index is 13.1. The summed E-state index contributed by atoms with van der Waals surface area (Å²) in [5.41, 5.74) is 2.83. The van der Waals surface area contributed by atoms with Crippen molar-refractivity contribution >= 4 is 5.91 Å². The average molecular weight is 420 g/mol. The summed E-state index contributed by atoms with van der Waals surface area (Å²) in [6, 6.07) is 21.5. The minimum absolute atomic E-state index is 0.00180. The van der Waals surface area contributed by atoms with Crippen LogP contribution < -0.4 is 0 Å². The molecule has 166 valence electrons. The highest BCUT2D eigenvalue weighted by Crippen LogP contribution is 2.23. The summed E-state index contributed by atoms with van der Waals surface area (Å²) in [7, 11) is 0. The molecule has 2 fully saturated rings. The Labute approximate surface area is 187 Å². The van der Waals surface area contributed by atoms with Crippen LogP contribution in [0.2, 0.25) is 0 Å². The first-order valence-corrected chi connectivity index (χ1v) is 12.0. The fraction of sp³-hybridized carbons (Fsp3) is 0.519. The third kappa shape index (κ3) is 6.18. The Hall–Kier alpha value is -2.17. The predicted molar refractivity (Wildman–Crippen MR) is 127 cm³/mol. The SMILES string of the molecule is CC(C(=O)N1CCC(Cc2ccccc2)CC1)N1CCN(CCc2ccccc2)CC1. The second-order valence-electron chi connectivity index (χ2n) is 9.25. The Bertz CT molecular complexity index is 794. The number of rotatable bonds is 7. The second kappa shape index (κ2) is 10.9. The first-order valence-electron chi connectivity index (χ1n) is 12.0. The van der Waals surface area contributed by atoms with Gasteiger partial charge in [0.2, 0.25) is 5.91 Å². The van der Waals surface area contributed by atoms with Crippen molar-refractivity contribution in [3.05, 3.63) is 71.8 Å². The number of hydrogen-bond donors (Lipinski definition) is 0. The van der Waals surface area contributed by atoms with Crippen LogP contribution in [0, 0.1) is 5.92 Å². The van der Waals surface area contributed by atoms with E-state index in [0.29, 0.717) is 11.8 Å². The third-order valence-corrected chi connectivity index (χ3v) is 7.16. The van der Waals surface area contributed by atoms with Crippen molar-refractivity contribution in [2.75, 3.05) is 45.8 Å². The Balaban J connectivity index is 1.18. The van der Waals surface area contributed by atoms with E-state index in [1.165, 1.54) is 11.1 Å². The van der Waals surface area contributed by atoms with E-state index in [4.69, 9.17) is 0 Å². The van der Waals surface area contributed by atoms with Crippen LogP contribution in [0.15, 0.2) is 60.7 Å².